The molecule has 0 aliphatic heterocycles. The SMILES string of the molecule is CCCCOCCOc1ccc(-c2ccc(Cl)c(/C=C/C(=O)Nc3ccc([S@+]([O-])Cc4cncn4CCC)cc3)c2)cc1. The average molecular weight is 620 g/mol. The molecule has 0 aliphatic rings. The first-order valence-corrected chi connectivity index (χ1v) is 16.2. The number of ether oxygens (including phenoxy) is 2. The first kappa shape index (κ1) is 32.4. The summed E-state index contributed by atoms with van der Waals surface area (Å²) in [6.45, 7) is 6.92. The Morgan fingerprint density at radius 3 is 2.51 bits per heavy atom. The van der Waals surface area contributed by atoms with Crippen LogP contribution in [0.2, 0.25) is 5.02 Å². The number of rotatable bonds is 16. The molecule has 4 aromatic rings. The minimum absolute atomic E-state index is 0.293. The Kier molecular flexibility index (Phi) is 12.7. The number of aryl methyl sites for hydroxylation is 1. The lowest BCUT2D eigenvalue weighted by Crippen LogP contribution is -2.11. The van der Waals surface area contributed by atoms with Crippen LogP contribution in [0.3, 0.4) is 0 Å². The number of halogens is 1. The Balaban J connectivity index is 1.30. The summed E-state index contributed by atoms with van der Waals surface area (Å²) in [6, 6.07) is 20.6. The Labute approximate surface area is 262 Å². The van der Waals surface area contributed by atoms with Gasteiger partial charge in [-0.2, -0.15) is 0 Å². The molecule has 0 bridgehead atoms. The minimum atomic E-state index is -1.22. The Bertz CT molecular complexity index is 1470. The lowest BCUT2D eigenvalue weighted by Gasteiger charge is -2.12. The fraction of sp³-hybridized carbons (Fsp3) is 0.294. The number of anilines is 1. The first-order valence-electron chi connectivity index (χ1n) is 14.5. The highest BCUT2D eigenvalue weighted by Crippen LogP contribution is 2.28. The monoisotopic (exact) mass is 619 g/mol. The van der Waals surface area contributed by atoms with Crippen LogP contribution >= 0.6 is 11.6 Å². The van der Waals surface area contributed by atoms with Crippen molar-refractivity contribution in [2.75, 3.05) is 25.1 Å². The molecule has 0 unspecified atom stereocenters. The summed E-state index contributed by atoms with van der Waals surface area (Å²) in [6.07, 6.45) is 9.83. The molecule has 1 atom stereocenters. The van der Waals surface area contributed by atoms with E-state index in [2.05, 4.69) is 24.1 Å². The summed E-state index contributed by atoms with van der Waals surface area (Å²) in [5.74, 6) is 0.882. The zero-order chi connectivity index (χ0) is 30.4. The highest BCUT2D eigenvalue weighted by Gasteiger charge is 2.15. The summed E-state index contributed by atoms with van der Waals surface area (Å²) in [5, 5.41) is 3.39. The van der Waals surface area contributed by atoms with Crippen molar-refractivity contribution in [3.63, 3.8) is 0 Å². The molecule has 226 valence electrons. The van der Waals surface area contributed by atoms with Crippen LogP contribution < -0.4 is 10.1 Å². The van der Waals surface area contributed by atoms with Gasteiger partial charge in [0.15, 0.2) is 10.6 Å². The summed E-state index contributed by atoms with van der Waals surface area (Å²) in [4.78, 5) is 17.5. The molecule has 43 heavy (non-hydrogen) atoms. The third-order valence-electron chi connectivity index (χ3n) is 6.66. The van der Waals surface area contributed by atoms with Gasteiger partial charge < -0.3 is 23.9 Å². The zero-order valence-electron chi connectivity index (χ0n) is 24.6. The third kappa shape index (κ3) is 10.0. The average Bonchev–Trinajstić information content (AvgIpc) is 3.45. The molecule has 7 nitrogen and oxygen atoms in total. The number of carbonyl (C=O) groups is 1. The van der Waals surface area contributed by atoms with Gasteiger partial charge in [-0.05, 0) is 95.3 Å². The van der Waals surface area contributed by atoms with Crippen molar-refractivity contribution in [1.29, 1.82) is 0 Å². The molecule has 4 rings (SSSR count). The number of nitrogens with one attached hydrogen (secondary N) is 1. The molecule has 0 fully saturated rings. The predicted molar refractivity (Wildman–Crippen MR) is 175 cm³/mol. The third-order valence-corrected chi connectivity index (χ3v) is 8.36. The van der Waals surface area contributed by atoms with Crippen molar-refractivity contribution in [3.8, 4) is 16.9 Å². The number of amides is 1. The van der Waals surface area contributed by atoms with Crippen LogP contribution in [0.25, 0.3) is 17.2 Å². The van der Waals surface area contributed by atoms with Crippen LogP contribution in [-0.2, 0) is 33.0 Å². The maximum Gasteiger partial charge on any atom is 0.248 e. The van der Waals surface area contributed by atoms with Gasteiger partial charge in [-0.15, -0.1) is 0 Å². The number of aromatic nitrogens is 2. The van der Waals surface area contributed by atoms with Crippen LogP contribution in [0.1, 0.15) is 44.4 Å². The Morgan fingerprint density at radius 2 is 1.77 bits per heavy atom. The lowest BCUT2D eigenvalue weighted by molar-refractivity contribution is -0.111. The van der Waals surface area contributed by atoms with E-state index in [0.29, 0.717) is 34.6 Å². The number of hydrogen-bond donors (Lipinski definition) is 1. The lowest BCUT2D eigenvalue weighted by atomic mass is 10.0. The zero-order valence-corrected chi connectivity index (χ0v) is 26.2. The number of imidazole rings is 1. The van der Waals surface area contributed by atoms with E-state index in [-0.39, 0.29) is 5.91 Å². The maximum atomic E-state index is 12.9. The quantitative estimate of drug-likeness (QED) is 0.0786. The van der Waals surface area contributed by atoms with E-state index in [4.69, 9.17) is 21.1 Å². The molecule has 0 saturated carbocycles. The number of nitrogens with zero attached hydrogens (tertiary/aromatic N) is 2. The second kappa shape index (κ2) is 16.9. The van der Waals surface area contributed by atoms with Gasteiger partial charge >= 0.3 is 0 Å². The van der Waals surface area contributed by atoms with Gasteiger partial charge in [0.05, 0.1) is 24.8 Å². The topological polar surface area (TPSA) is 88.4 Å². The standard InChI is InChI=1S/C34H38ClN3O4S/c1-3-5-19-41-20-21-42-31-12-6-26(7-13-31)27-8-16-33(35)28(22-27)9-17-34(39)37-29-10-14-32(15-11-29)43(40)24-30-23-36-25-38(30)18-4-2/h6-17,22-23,25H,3-5,18-21,24H2,1-2H3,(H,37,39)/b17-9+/t43-/m1/s1. The first-order chi connectivity index (χ1) is 21.0. The maximum absolute atomic E-state index is 12.9. The van der Waals surface area contributed by atoms with Crippen molar-refractivity contribution in [3.05, 3.63) is 102 Å². The van der Waals surface area contributed by atoms with E-state index in [1.165, 1.54) is 6.08 Å². The van der Waals surface area contributed by atoms with Gasteiger partial charge in [-0.25, -0.2) is 4.98 Å². The normalized spacial score (nSPS) is 12.0. The fourth-order valence-electron chi connectivity index (χ4n) is 4.33. The molecule has 9 heteroatoms. The summed E-state index contributed by atoms with van der Waals surface area (Å²) >= 11 is 5.22. The number of hydrogen-bond acceptors (Lipinski definition) is 5. The van der Waals surface area contributed by atoms with Crippen LogP contribution in [0.15, 0.2) is 90.2 Å². The van der Waals surface area contributed by atoms with Crippen molar-refractivity contribution in [2.24, 2.45) is 0 Å². The summed E-state index contributed by atoms with van der Waals surface area (Å²) in [5.41, 5.74) is 4.26. The highest BCUT2D eigenvalue weighted by molar-refractivity contribution is 7.90. The van der Waals surface area contributed by atoms with E-state index >= 15 is 0 Å². The van der Waals surface area contributed by atoms with E-state index < -0.39 is 11.2 Å². The molecule has 1 aromatic heterocycles. The summed E-state index contributed by atoms with van der Waals surface area (Å²) < 4.78 is 26.2. The largest absolute Gasteiger partial charge is 0.611 e. The Hall–Kier alpha value is -3.56. The van der Waals surface area contributed by atoms with Gasteiger partial charge in [0.1, 0.15) is 12.4 Å². The van der Waals surface area contributed by atoms with Crippen molar-refractivity contribution in [1.82, 2.24) is 9.55 Å². The molecular weight excluding hydrogens is 582 g/mol. The molecule has 3 aromatic carbocycles. The summed E-state index contributed by atoms with van der Waals surface area (Å²) in [7, 11) is 0. The smallest absolute Gasteiger partial charge is 0.248 e. The number of unbranched alkanes of at least 4 members (excludes halogenated alkanes) is 1. The van der Waals surface area contributed by atoms with Gasteiger partial charge in [-0.3, -0.25) is 4.79 Å². The molecule has 1 heterocycles. The van der Waals surface area contributed by atoms with Gasteiger partial charge in [0.25, 0.3) is 0 Å². The van der Waals surface area contributed by atoms with Crippen molar-refractivity contribution >= 4 is 40.4 Å². The van der Waals surface area contributed by atoms with Crippen LogP contribution in [0.4, 0.5) is 5.69 Å². The van der Waals surface area contributed by atoms with Crippen LogP contribution in [0, 0.1) is 0 Å². The van der Waals surface area contributed by atoms with Crippen LogP contribution in [0.5, 0.6) is 5.75 Å². The van der Waals surface area contributed by atoms with E-state index in [9.17, 15) is 9.35 Å². The molecule has 0 saturated heterocycles. The molecule has 1 amide bonds. The predicted octanol–water partition coefficient (Wildman–Crippen LogP) is 7.77. The number of benzene rings is 3. The second-order valence-corrected chi connectivity index (χ2v) is 11.8. The molecule has 0 spiro atoms. The van der Waals surface area contributed by atoms with E-state index in [1.54, 1.807) is 42.9 Å². The van der Waals surface area contributed by atoms with Gasteiger partial charge in [0, 0.05) is 29.9 Å². The molecule has 1 N–H and O–H groups in total. The number of carbonyl (C=O) groups excluding carboxylic acids is 1. The minimum Gasteiger partial charge on any atom is -0.611 e. The van der Waals surface area contributed by atoms with Crippen molar-refractivity contribution < 1.29 is 18.8 Å². The molecule has 0 radical (unpaired) electrons. The fourth-order valence-corrected chi connectivity index (χ4v) is 5.63. The van der Waals surface area contributed by atoms with E-state index in [0.717, 1.165) is 60.5 Å². The van der Waals surface area contributed by atoms with E-state index in [1.807, 2.05) is 47.0 Å². The highest BCUT2D eigenvalue weighted by atomic mass is 35.5. The van der Waals surface area contributed by atoms with Gasteiger partial charge in [-0.1, -0.05) is 50.1 Å². The van der Waals surface area contributed by atoms with Gasteiger partial charge in [0.2, 0.25) is 5.91 Å². The second-order valence-electron chi connectivity index (χ2n) is 9.99. The Morgan fingerprint density at radius 1 is 1.00 bits per heavy atom. The van der Waals surface area contributed by atoms with Crippen molar-refractivity contribution in [2.45, 2.75) is 50.3 Å². The molecule has 0 aliphatic carbocycles. The molecular formula is C34H38ClN3O4S. The van der Waals surface area contributed by atoms with Crippen LogP contribution in [-0.4, -0.2) is 39.8 Å².